The van der Waals surface area contributed by atoms with Gasteiger partial charge in [-0.15, -0.1) is 5.10 Å². The SMILES string of the molecule is Cc1ccc(N2CCN(C3=NN=C(CC4=CCC(C)C=C4)C4=CC=CCC43C)CC2C)cc1. The van der Waals surface area contributed by atoms with Gasteiger partial charge in [0.1, 0.15) is 5.84 Å². The summed E-state index contributed by atoms with van der Waals surface area (Å²) >= 11 is 0. The highest BCUT2D eigenvalue weighted by atomic mass is 15.4. The van der Waals surface area contributed by atoms with Crippen molar-refractivity contribution in [2.45, 2.75) is 53.0 Å². The molecule has 1 aromatic carbocycles. The Bertz CT molecular complexity index is 1090. The maximum absolute atomic E-state index is 4.90. The van der Waals surface area contributed by atoms with Crippen molar-refractivity contribution in [2.24, 2.45) is 21.5 Å². The second-order valence-corrected chi connectivity index (χ2v) is 10.4. The fourth-order valence-electron chi connectivity index (χ4n) is 5.57. The monoisotopic (exact) mass is 440 g/mol. The van der Waals surface area contributed by atoms with Crippen molar-refractivity contribution in [3.63, 3.8) is 0 Å². The summed E-state index contributed by atoms with van der Waals surface area (Å²) in [6, 6.07) is 9.34. The number of allylic oxidation sites excluding steroid dienone is 7. The van der Waals surface area contributed by atoms with Gasteiger partial charge in [-0.25, -0.2) is 0 Å². The fraction of sp³-hybridized carbons (Fsp3) is 0.448. The number of rotatable bonds is 3. The van der Waals surface area contributed by atoms with Gasteiger partial charge in [0, 0.05) is 37.8 Å². The lowest BCUT2D eigenvalue weighted by Crippen LogP contribution is -2.57. The molecule has 5 rings (SSSR count). The Morgan fingerprint density at radius 2 is 1.91 bits per heavy atom. The third-order valence-electron chi connectivity index (χ3n) is 7.64. The second-order valence-electron chi connectivity index (χ2n) is 10.4. The number of amidine groups is 1. The summed E-state index contributed by atoms with van der Waals surface area (Å²) in [4.78, 5) is 5.01. The molecule has 2 heterocycles. The number of fused-ring (bicyclic) bond motifs is 1. The molecule has 3 unspecified atom stereocenters. The van der Waals surface area contributed by atoms with Crippen molar-refractivity contribution in [3.8, 4) is 0 Å². The highest BCUT2D eigenvalue weighted by Gasteiger charge is 2.43. The Kier molecular flexibility index (Phi) is 5.86. The van der Waals surface area contributed by atoms with Crippen molar-refractivity contribution < 1.29 is 0 Å². The summed E-state index contributed by atoms with van der Waals surface area (Å²) in [5.74, 6) is 1.77. The van der Waals surface area contributed by atoms with Crippen LogP contribution < -0.4 is 4.90 Å². The summed E-state index contributed by atoms with van der Waals surface area (Å²) < 4.78 is 0. The molecule has 4 aliphatic rings. The molecule has 3 atom stereocenters. The van der Waals surface area contributed by atoms with Crippen LogP contribution in [-0.4, -0.2) is 42.1 Å². The average Bonchev–Trinajstić information content (AvgIpc) is 2.81. The largest absolute Gasteiger partial charge is 0.365 e. The highest BCUT2D eigenvalue weighted by molar-refractivity contribution is 6.11. The van der Waals surface area contributed by atoms with Crippen LogP contribution in [0.15, 0.2) is 82.1 Å². The van der Waals surface area contributed by atoms with E-state index >= 15 is 0 Å². The Labute approximate surface area is 198 Å². The number of anilines is 1. The topological polar surface area (TPSA) is 31.2 Å². The van der Waals surface area contributed by atoms with E-state index in [-0.39, 0.29) is 5.41 Å². The lowest BCUT2D eigenvalue weighted by atomic mass is 9.71. The predicted molar refractivity (Wildman–Crippen MR) is 140 cm³/mol. The van der Waals surface area contributed by atoms with Gasteiger partial charge >= 0.3 is 0 Å². The molecule has 0 spiro atoms. The van der Waals surface area contributed by atoms with E-state index in [4.69, 9.17) is 10.2 Å². The molecule has 1 saturated heterocycles. The van der Waals surface area contributed by atoms with E-state index < -0.39 is 0 Å². The van der Waals surface area contributed by atoms with Crippen molar-refractivity contribution in [2.75, 3.05) is 24.5 Å². The molecule has 1 aromatic rings. The standard InChI is InChI=1S/C29H36N4/c1-21-8-12-24(13-9-21)19-27-26-7-5-6-16-29(26,4)28(31-30-27)32-17-18-33(23(3)20-32)25-14-10-22(2)11-15-25/h5-8,10-15,21,23H,9,16-20H2,1-4H3. The summed E-state index contributed by atoms with van der Waals surface area (Å²) in [5.41, 5.74) is 6.35. The van der Waals surface area contributed by atoms with Gasteiger partial charge in [0.15, 0.2) is 0 Å². The van der Waals surface area contributed by atoms with Crippen molar-refractivity contribution in [1.29, 1.82) is 0 Å². The quantitative estimate of drug-likeness (QED) is 0.570. The van der Waals surface area contributed by atoms with E-state index in [1.165, 1.54) is 22.4 Å². The summed E-state index contributed by atoms with van der Waals surface area (Å²) in [5, 5.41) is 9.71. The fourth-order valence-corrected chi connectivity index (χ4v) is 5.57. The zero-order valence-electron chi connectivity index (χ0n) is 20.5. The van der Waals surface area contributed by atoms with Gasteiger partial charge in [-0.05, 0) is 62.8 Å². The molecular formula is C29H36N4. The van der Waals surface area contributed by atoms with Gasteiger partial charge in [0.25, 0.3) is 0 Å². The van der Waals surface area contributed by atoms with E-state index in [2.05, 4.69) is 98.2 Å². The minimum Gasteiger partial charge on any atom is -0.365 e. The van der Waals surface area contributed by atoms with Crippen LogP contribution >= 0.6 is 0 Å². The Balaban J connectivity index is 1.38. The molecule has 4 nitrogen and oxygen atoms in total. The van der Waals surface area contributed by atoms with Gasteiger partial charge in [0.2, 0.25) is 0 Å². The normalized spacial score (nSPS) is 29.2. The smallest absolute Gasteiger partial charge is 0.138 e. The second kappa shape index (κ2) is 8.81. The molecule has 2 aliphatic heterocycles. The van der Waals surface area contributed by atoms with E-state index in [9.17, 15) is 0 Å². The Morgan fingerprint density at radius 1 is 1.09 bits per heavy atom. The van der Waals surface area contributed by atoms with E-state index in [1.54, 1.807) is 0 Å². The number of piperazine rings is 1. The minimum atomic E-state index is -0.107. The van der Waals surface area contributed by atoms with E-state index in [0.717, 1.165) is 50.4 Å². The molecule has 172 valence electrons. The van der Waals surface area contributed by atoms with E-state index in [0.29, 0.717) is 12.0 Å². The third-order valence-corrected chi connectivity index (χ3v) is 7.64. The van der Waals surface area contributed by atoms with Crippen LogP contribution in [0, 0.1) is 18.3 Å². The van der Waals surface area contributed by atoms with E-state index in [1.807, 2.05) is 0 Å². The molecular weight excluding hydrogens is 404 g/mol. The molecule has 0 bridgehead atoms. The minimum absolute atomic E-state index is 0.107. The molecule has 0 aromatic heterocycles. The average molecular weight is 441 g/mol. The van der Waals surface area contributed by atoms with Crippen LogP contribution in [0.25, 0.3) is 0 Å². The Hall–Kier alpha value is -2.88. The van der Waals surface area contributed by atoms with Crippen LogP contribution in [0.5, 0.6) is 0 Å². The summed E-state index contributed by atoms with van der Waals surface area (Å²) in [6.45, 7) is 12.0. The summed E-state index contributed by atoms with van der Waals surface area (Å²) in [6.07, 6.45) is 16.7. The van der Waals surface area contributed by atoms with Crippen molar-refractivity contribution >= 4 is 17.2 Å². The molecule has 33 heavy (non-hydrogen) atoms. The molecule has 0 N–H and O–H groups in total. The zero-order valence-corrected chi connectivity index (χ0v) is 20.5. The molecule has 2 aliphatic carbocycles. The first kappa shape index (κ1) is 21.9. The summed E-state index contributed by atoms with van der Waals surface area (Å²) in [7, 11) is 0. The first-order valence-electron chi connectivity index (χ1n) is 12.4. The molecule has 0 amide bonds. The molecule has 0 radical (unpaired) electrons. The number of benzene rings is 1. The predicted octanol–water partition coefficient (Wildman–Crippen LogP) is 6.08. The zero-order chi connectivity index (χ0) is 23.0. The van der Waals surface area contributed by atoms with Gasteiger partial charge in [-0.2, -0.15) is 5.10 Å². The molecule has 4 heteroatoms. The third kappa shape index (κ3) is 4.23. The number of hydrogen-bond acceptors (Lipinski definition) is 4. The van der Waals surface area contributed by atoms with Crippen molar-refractivity contribution in [3.05, 3.63) is 77.4 Å². The van der Waals surface area contributed by atoms with Crippen molar-refractivity contribution in [1.82, 2.24) is 4.90 Å². The number of aryl methyl sites for hydroxylation is 1. The first-order chi connectivity index (χ1) is 15.9. The van der Waals surface area contributed by atoms with Gasteiger partial charge in [-0.1, -0.05) is 61.1 Å². The number of hydrogen-bond donors (Lipinski definition) is 0. The lowest BCUT2D eigenvalue weighted by Gasteiger charge is -2.47. The maximum Gasteiger partial charge on any atom is 0.138 e. The van der Waals surface area contributed by atoms with Crippen LogP contribution in [0.4, 0.5) is 5.69 Å². The Morgan fingerprint density at radius 3 is 2.64 bits per heavy atom. The molecule has 0 saturated carbocycles. The number of nitrogens with zero attached hydrogens (tertiary/aromatic N) is 4. The van der Waals surface area contributed by atoms with Crippen LogP contribution in [0.3, 0.4) is 0 Å². The highest BCUT2D eigenvalue weighted by Crippen LogP contribution is 2.42. The van der Waals surface area contributed by atoms with Gasteiger partial charge < -0.3 is 9.80 Å². The van der Waals surface area contributed by atoms with Crippen LogP contribution in [0.1, 0.15) is 45.6 Å². The van der Waals surface area contributed by atoms with Crippen LogP contribution in [-0.2, 0) is 0 Å². The first-order valence-corrected chi connectivity index (χ1v) is 12.4. The lowest BCUT2D eigenvalue weighted by molar-refractivity contribution is 0.308. The van der Waals surface area contributed by atoms with Gasteiger partial charge in [0.05, 0.1) is 11.1 Å². The molecule has 1 fully saturated rings. The maximum atomic E-state index is 4.90. The van der Waals surface area contributed by atoms with Crippen LogP contribution in [0.2, 0.25) is 0 Å². The van der Waals surface area contributed by atoms with Gasteiger partial charge in [-0.3, -0.25) is 0 Å².